The molecule has 1 aliphatic carbocycles. The molecule has 0 heterocycles. The minimum absolute atomic E-state index is 0.0221. The fraction of sp³-hybridized carbons (Fsp3) is 0.632. The number of hydrogen-bond acceptors (Lipinski definition) is 2. The Morgan fingerprint density at radius 1 is 1.29 bits per heavy atom. The Bertz CT molecular complexity index is 509. The molecular formula is C19H27NO. The summed E-state index contributed by atoms with van der Waals surface area (Å²) in [6.45, 7) is 9.02. The summed E-state index contributed by atoms with van der Waals surface area (Å²) in [7, 11) is 0. The van der Waals surface area contributed by atoms with Crippen LogP contribution in [0.1, 0.15) is 52.5 Å². The average Bonchev–Trinajstić information content (AvgIpc) is 2.46. The van der Waals surface area contributed by atoms with E-state index in [2.05, 4.69) is 45.9 Å². The van der Waals surface area contributed by atoms with Gasteiger partial charge >= 0.3 is 0 Å². The number of nitrogens with zero attached hydrogens (tertiary/aromatic N) is 1. The molecule has 114 valence electrons. The van der Waals surface area contributed by atoms with Crippen LogP contribution in [-0.2, 0) is 6.42 Å². The van der Waals surface area contributed by atoms with Gasteiger partial charge in [-0.1, -0.05) is 39.8 Å². The Morgan fingerprint density at radius 2 is 2.05 bits per heavy atom. The zero-order chi connectivity index (χ0) is 15.5. The average molecular weight is 285 g/mol. The molecule has 1 saturated carbocycles. The lowest BCUT2D eigenvalue weighted by Gasteiger charge is -2.39. The normalized spacial score (nSPS) is 26.1. The molecule has 1 fully saturated rings. The molecule has 3 atom stereocenters. The maximum Gasteiger partial charge on any atom is 0.120 e. The summed E-state index contributed by atoms with van der Waals surface area (Å²) in [5.41, 5.74) is 1.57. The summed E-state index contributed by atoms with van der Waals surface area (Å²) < 4.78 is 6.20. The lowest BCUT2D eigenvalue weighted by atomic mass is 9.69. The molecule has 0 N–H and O–H groups in total. The van der Waals surface area contributed by atoms with E-state index in [1.807, 2.05) is 12.1 Å². The van der Waals surface area contributed by atoms with E-state index in [0.717, 1.165) is 31.4 Å². The summed E-state index contributed by atoms with van der Waals surface area (Å²) >= 11 is 0. The van der Waals surface area contributed by atoms with Gasteiger partial charge in [-0.25, -0.2) is 0 Å². The molecule has 1 aliphatic rings. The van der Waals surface area contributed by atoms with Gasteiger partial charge in [0.05, 0.1) is 12.0 Å². The minimum atomic E-state index is 0.0221. The van der Waals surface area contributed by atoms with Crippen LogP contribution in [-0.4, -0.2) is 6.10 Å². The van der Waals surface area contributed by atoms with Gasteiger partial charge in [0.2, 0.25) is 0 Å². The fourth-order valence-corrected chi connectivity index (χ4v) is 3.21. The Balaban J connectivity index is 2.12. The molecule has 0 aliphatic heterocycles. The van der Waals surface area contributed by atoms with Crippen molar-refractivity contribution >= 4 is 0 Å². The van der Waals surface area contributed by atoms with Crippen molar-refractivity contribution in [3.63, 3.8) is 0 Å². The first-order valence-electron chi connectivity index (χ1n) is 8.09. The topological polar surface area (TPSA) is 33.0 Å². The highest BCUT2D eigenvalue weighted by molar-refractivity contribution is 5.28. The fourth-order valence-electron chi connectivity index (χ4n) is 3.21. The number of benzene rings is 1. The first-order chi connectivity index (χ1) is 9.94. The van der Waals surface area contributed by atoms with E-state index in [-0.39, 0.29) is 17.4 Å². The molecule has 1 aromatic carbocycles. The smallest absolute Gasteiger partial charge is 0.120 e. The van der Waals surface area contributed by atoms with E-state index in [4.69, 9.17) is 4.74 Å². The van der Waals surface area contributed by atoms with Crippen LogP contribution in [0.15, 0.2) is 24.3 Å². The van der Waals surface area contributed by atoms with Crippen LogP contribution in [0.25, 0.3) is 0 Å². The number of rotatable bonds is 3. The van der Waals surface area contributed by atoms with Crippen molar-refractivity contribution in [2.75, 3.05) is 0 Å². The first kappa shape index (κ1) is 15.9. The summed E-state index contributed by atoms with van der Waals surface area (Å²) in [6, 6.07) is 10.7. The second-order valence-corrected chi connectivity index (χ2v) is 7.27. The minimum Gasteiger partial charge on any atom is -0.489 e. The molecule has 2 nitrogen and oxygen atoms in total. The van der Waals surface area contributed by atoms with E-state index >= 15 is 0 Å². The lowest BCUT2D eigenvalue weighted by Crippen LogP contribution is -2.37. The summed E-state index contributed by atoms with van der Waals surface area (Å²) in [4.78, 5) is 0. The van der Waals surface area contributed by atoms with Gasteiger partial charge in [0.25, 0.3) is 0 Å². The Labute approximate surface area is 129 Å². The van der Waals surface area contributed by atoms with Crippen molar-refractivity contribution in [2.24, 2.45) is 17.3 Å². The van der Waals surface area contributed by atoms with Crippen molar-refractivity contribution in [1.82, 2.24) is 0 Å². The van der Waals surface area contributed by atoms with Gasteiger partial charge in [-0.15, -0.1) is 0 Å². The van der Waals surface area contributed by atoms with Crippen LogP contribution in [0.4, 0.5) is 0 Å². The third kappa shape index (κ3) is 4.00. The summed E-state index contributed by atoms with van der Waals surface area (Å²) in [6.07, 6.45) is 4.11. The molecule has 0 aromatic heterocycles. The van der Waals surface area contributed by atoms with E-state index in [1.165, 1.54) is 5.56 Å². The second-order valence-electron chi connectivity index (χ2n) is 7.27. The molecule has 3 unspecified atom stereocenters. The van der Waals surface area contributed by atoms with E-state index in [9.17, 15) is 5.26 Å². The SMILES string of the molecule is CCc1cccc(OC2CC(C(C)(C)C)CCC2C#N)c1. The van der Waals surface area contributed by atoms with Crippen LogP contribution in [0, 0.1) is 28.6 Å². The molecule has 0 spiro atoms. The predicted octanol–water partition coefficient (Wildman–Crippen LogP) is 4.98. The molecule has 2 heteroatoms. The van der Waals surface area contributed by atoms with E-state index in [1.54, 1.807) is 0 Å². The molecule has 1 aromatic rings. The molecule has 0 saturated heterocycles. The zero-order valence-corrected chi connectivity index (χ0v) is 13.7. The maximum absolute atomic E-state index is 9.40. The second kappa shape index (κ2) is 6.52. The van der Waals surface area contributed by atoms with Gasteiger partial charge in [-0.3, -0.25) is 0 Å². The molecule has 2 rings (SSSR count). The summed E-state index contributed by atoms with van der Waals surface area (Å²) in [5, 5.41) is 9.40. The number of hydrogen-bond donors (Lipinski definition) is 0. The van der Waals surface area contributed by atoms with Crippen molar-refractivity contribution in [1.29, 1.82) is 5.26 Å². The number of ether oxygens (including phenoxy) is 1. The lowest BCUT2D eigenvalue weighted by molar-refractivity contribution is 0.0493. The highest BCUT2D eigenvalue weighted by Crippen LogP contribution is 2.41. The van der Waals surface area contributed by atoms with Crippen LogP contribution in [0.2, 0.25) is 0 Å². The Morgan fingerprint density at radius 3 is 2.67 bits per heavy atom. The van der Waals surface area contributed by atoms with Crippen molar-refractivity contribution in [3.05, 3.63) is 29.8 Å². The van der Waals surface area contributed by atoms with Crippen molar-refractivity contribution < 1.29 is 4.74 Å². The highest BCUT2D eigenvalue weighted by atomic mass is 16.5. The van der Waals surface area contributed by atoms with E-state index in [0.29, 0.717) is 5.92 Å². The van der Waals surface area contributed by atoms with Crippen LogP contribution in [0.5, 0.6) is 5.75 Å². The van der Waals surface area contributed by atoms with Gasteiger partial charge in [0.1, 0.15) is 11.9 Å². The largest absolute Gasteiger partial charge is 0.489 e. The predicted molar refractivity (Wildman–Crippen MR) is 86.1 cm³/mol. The molecule has 21 heavy (non-hydrogen) atoms. The molecule has 0 radical (unpaired) electrons. The van der Waals surface area contributed by atoms with Gasteiger partial charge in [0, 0.05) is 0 Å². The third-order valence-corrected chi connectivity index (χ3v) is 4.78. The van der Waals surface area contributed by atoms with Gasteiger partial charge in [0.15, 0.2) is 0 Å². The van der Waals surface area contributed by atoms with Crippen molar-refractivity contribution in [3.8, 4) is 11.8 Å². The van der Waals surface area contributed by atoms with Gasteiger partial charge < -0.3 is 4.74 Å². The third-order valence-electron chi connectivity index (χ3n) is 4.78. The zero-order valence-electron chi connectivity index (χ0n) is 13.7. The monoisotopic (exact) mass is 285 g/mol. The van der Waals surface area contributed by atoms with Crippen LogP contribution >= 0.6 is 0 Å². The quantitative estimate of drug-likeness (QED) is 0.784. The van der Waals surface area contributed by atoms with E-state index < -0.39 is 0 Å². The standard InChI is InChI=1S/C19H27NO/c1-5-14-7-6-8-17(11-14)21-18-12-16(19(2,3)4)10-9-15(18)13-20/h6-8,11,15-16,18H,5,9-10,12H2,1-4H3. The number of aryl methyl sites for hydroxylation is 1. The highest BCUT2D eigenvalue weighted by Gasteiger charge is 2.37. The maximum atomic E-state index is 9.40. The summed E-state index contributed by atoms with van der Waals surface area (Å²) in [5.74, 6) is 1.56. The van der Waals surface area contributed by atoms with Crippen LogP contribution in [0.3, 0.4) is 0 Å². The van der Waals surface area contributed by atoms with Gasteiger partial charge in [-0.2, -0.15) is 5.26 Å². The first-order valence-corrected chi connectivity index (χ1v) is 8.09. The molecule has 0 bridgehead atoms. The van der Waals surface area contributed by atoms with Crippen LogP contribution < -0.4 is 4.74 Å². The number of nitriles is 1. The molecular weight excluding hydrogens is 258 g/mol. The van der Waals surface area contributed by atoms with Gasteiger partial charge in [-0.05, 0) is 54.7 Å². The van der Waals surface area contributed by atoms with Crippen molar-refractivity contribution in [2.45, 2.75) is 59.5 Å². The Kier molecular flexibility index (Phi) is 4.93. The molecule has 0 amide bonds. The Hall–Kier alpha value is -1.49.